The standard InChI is InChI=1S/C11H25NO2/c1-6-11(14,10(2,3)4)7-9(13)8-12-5/h9,12-14H,6-8H2,1-5H3/t9-,11-/m0/s1. The van der Waals surface area contributed by atoms with Gasteiger partial charge >= 0.3 is 0 Å². The summed E-state index contributed by atoms with van der Waals surface area (Å²) in [5.41, 5.74) is -0.986. The summed E-state index contributed by atoms with van der Waals surface area (Å²) in [7, 11) is 1.80. The summed E-state index contributed by atoms with van der Waals surface area (Å²) in [6, 6.07) is 0. The predicted molar refractivity (Wildman–Crippen MR) is 59.2 cm³/mol. The topological polar surface area (TPSA) is 52.5 Å². The van der Waals surface area contributed by atoms with Gasteiger partial charge in [0, 0.05) is 13.0 Å². The van der Waals surface area contributed by atoms with Crippen molar-refractivity contribution < 1.29 is 10.2 Å². The van der Waals surface area contributed by atoms with Crippen molar-refractivity contribution in [3.05, 3.63) is 0 Å². The fourth-order valence-corrected chi connectivity index (χ4v) is 1.68. The van der Waals surface area contributed by atoms with Crippen molar-refractivity contribution in [3.63, 3.8) is 0 Å². The Morgan fingerprint density at radius 1 is 1.29 bits per heavy atom. The summed E-state index contributed by atoms with van der Waals surface area (Å²) in [6.45, 7) is 8.49. The molecule has 0 unspecified atom stereocenters. The van der Waals surface area contributed by atoms with Gasteiger partial charge in [0.15, 0.2) is 0 Å². The molecule has 0 amide bonds. The summed E-state index contributed by atoms with van der Waals surface area (Å²) in [5, 5.41) is 22.9. The van der Waals surface area contributed by atoms with Crippen molar-refractivity contribution in [1.82, 2.24) is 5.32 Å². The molecule has 0 saturated heterocycles. The molecule has 3 heteroatoms. The molecule has 0 aliphatic heterocycles. The van der Waals surface area contributed by atoms with Crippen molar-refractivity contribution in [3.8, 4) is 0 Å². The molecule has 0 heterocycles. The zero-order valence-electron chi connectivity index (χ0n) is 10.1. The molecule has 0 fully saturated rings. The molecule has 0 aliphatic rings. The second kappa shape index (κ2) is 5.10. The molecule has 0 spiro atoms. The average molecular weight is 203 g/mol. The highest BCUT2D eigenvalue weighted by molar-refractivity contribution is 4.91. The summed E-state index contributed by atoms with van der Waals surface area (Å²) in [6.07, 6.45) is 0.606. The van der Waals surface area contributed by atoms with E-state index in [1.54, 1.807) is 7.05 Å². The molecule has 14 heavy (non-hydrogen) atoms. The van der Waals surface area contributed by atoms with Crippen LogP contribution in [0.3, 0.4) is 0 Å². The van der Waals surface area contributed by atoms with E-state index in [2.05, 4.69) is 5.32 Å². The number of hydrogen-bond acceptors (Lipinski definition) is 3. The van der Waals surface area contributed by atoms with E-state index in [9.17, 15) is 10.2 Å². The van der Waals surface area contributed by atoms with Crippen LogP contribution in [0.5, 0.6) is 0 Å². The van der Waals surface area contributed by atoms with Crippen LogP contribution in [0.25, 0.3) is 0 Å². The first-order chi connectivity index (χ1) is 6.27. The highest BCUT2D eigenvalue weighted by Crippen LogP contribution is 2.36. The lowest BCUT2D eigenvalue weighted by Gasteiger charge is -2.41. The summed E-state index contributed by atoms with van der Waals surface area (Å²) >= 11 is 0. The van der Waals surface area contributed by atoms with E-state index in [-0.39, 0.29) is 5.41 Å². The molecular formula is C11H25NO2. The van der Waals surface area contributed by atoms with Gasteiger partial charge in [0.1, 0.15) is 0 Å². The third-order valence-electron chi connectivity index (χ3n) is 2.99. The van der Waals surface area contributed by atoms with E-state index < -0.39 is 11.7 Å². The van der Waals surface area contributed by atoms with E-state index in [0.29, 0.717) is 19.4 Å². The van der Waals surface area contributed by atoms with Gasteiger partial charge in [-0.05, 0) is 18.9 Å². The molecule has 3 N–H and O–H groups in total. The van der Waals surface area contributed by atoms with Gasteiger partial charge in [0.2, 0.25) is 0 Å². The van der Waals surface area contributed by atoms with E-state index in [4.69, 9.17) is 0 Å². The Morgan fingerprint density at radius 2 is 1.79 bits per heavy atom. The molecule has 0 rings (SSSR count). The molecule has 0 aliphatic carbocycles. The van der Waals surface area contributed by atoms with E-state index >= 15 is 0 Å². The Hall–Kier alpha value is -0.120. The van der Waals surface area contributed by atoms with E-state index in [0.717, 1.165) is 0 Å². The highest BCUT2D eigenvalue weighted by Gasteiger charge is 2.39. The third-order valence-corrected chi connectivity index (χ3v) is 2.99. The second-order valence-electron chi connectivity index (χ2n) is 5.05. The van der Waals surface area contributed by atoms with Crippen LogP contribution in [-0.2, 0) is 0 Å². The van der Waals surface area contributed by atoms with Crippen molar-refractivity contribution >= 4 is 0 Å². The van der Waals surface area contributed by atoms with Crippen molar-refractivity contribution in [2.45, 2.75) is 52.2 Å². The fraction of sp³-hybridized carbons (Fsp3) is 1.00. The Labute approximate surface area is 87.5 Å². The molecule has 0 aromatic heterocycles. The number of aliphatic hydroxyl groups is 2. The molecule has 0 saturated carbocycles. The smallest absolute Gasteiger partial charge is 0.0718 e. The minimum atomic E-state index is -0.788. The zero-order chi connectivity index (χ0) is 11.4. The van der Waals surface area contributed by atoms with Gasteiger partial charge in [-0.2, -0.15) is 0 Å². The van der Waals surface area contributed by atoms with Gasteiger partial charge in [-0.25, -0.2) is 0 Å². The molecule has 3 nitrogen and oxygen atoms in total. The summed E-state index contributed by atoms with van der Waals surface area (Å²) < 4.78 is 0. The van der Waals surface area contributed by atoms with Crippen LogP contribution < -0.4 is 5.32 Å². The first-order valence-corrected chi connectivity index (χ1v) is 5.32. The average Bonchev–Trinajstić information content (AvgIpc) is 2.02. The molecule has 0 bridgehead atoms. The molecule has 0 radical (unpaired) electrons. The van der Waals surface area contributed by atoms with Crippen LogP contribution in [0.2, 0.25) is 0 Å². The number of rotatable bonds is 5. The van der Waals surface area contributed by atoms with Crippen LogP contribution >= 0.6 is 0 Å². The van der Waals surface area contributed by atoms with Gasteiger partial charge in [-0.1, -0.05) is 27.7 Å². The van der Waals surface area contributed by atoms with Crippen LogP contribution in [0, 0.1) is 5.41 Å². The molecular weight excluding hydrogens is 178 g/mol. The maximum atomic E-state index is 10.4. The first kappa shape index (κ1) is 13.9. The summed E-state index contributed by atoms with van der Waals surface area (Å²) in [5.74, 6) is 0. The Morgan fingerprint density at radius 3 is 2.07 bits per heavy atom. The van der Waals surface area contributed by atoms with Gasteiger partial charge in [0.25, 0.3) is 0 Å². The van der Waals surface area contributed by atoms with Gasteiger partial charge in [-0.15, -0.1) is 0 Å². The van der Waals surface area contributed by atoms with Gasteiger partial charge in [0.05, 0.1) is 11.7 Å². The second-order valence-corrected chi connectivity index (χ2v) is 5.05. The van der Waals surface area contributed by atoms with Crippen LogP contribution in [0.4, 0.5) is 0 Å². The molecule has 2 atom stereocenters. The van der Waals surface area contributed by atoms with Crippen molar-refractivity contribution in [2.75, 3.05) is 13.6 Å². The highest BCUT2D eigenvalue weighted by atomic mass is 16.3. The Bertz CT molecular complexity index is 165. The van der Waals surface area contributed by atoms with E-state index in [1.807, 2.05) is 27.7 Å². The maximum absolute atomic E-state index is 10.4. The Balaban J connectivity index is 4.40. The number of nitrogens with one attached hydrogen (secondary N) is 1. The monoisotopic (exact) mass is 203 g/mol. The van der Waals surface area contributed by atoms with Crippen LogP contribution in [0.1, 0.15) is 40.5 Å². The van der Waals surface area contributed by atoms with E-state index in [1.165, 1.54) is 0 Å². The maximum Gasteiger partial charge on any atom is 0.0718 e. The van der Waals surface area contributed by atoms with Crippen LogP contribution in [0.15, 0.2) is 0 Å². The minimum Gasteiger partial charge on any atom is -0.392 e. The van der Waals surface area contributed by atoms with Gasteiger partial charge in [-0.3, -0.25) is 0 Å². The third kappa shape index (κ3) is 3.56. The molecule has 86 valence electrons. The largest absolute Gasteiger partial charge is 0.392 e. The lowest BCUT2D eigenvalue weighted by atomic mass is 9.72. The number of likely N-dealkylation sites (N-methyl/N-ethyl adjacent to an activating group) is 1. The number of aliphatic hydroxyl groups excluding tert-OH is 1. The minimum absolute atomic E-state index is 0.198. The fourth-order valence-electron chi connectivity index (χ4n) is 1.68. The normalized spacial score (nSPS) is 19.1. The lowest BCUT2D eigenvalue weighted by molar-refractivity contribution is -0.0906. The molecule has 0 aromatic carbocycles. The zero-order valence-corrected chi connectivity index (χ0v) is 10.1. The quantitative estimate of drug-likeness (QED) is 0.628. The lowest BCUT2D eigenvalue weighted by Crippen LogP contribution is -2.46. The van der Waals surface area contributed by atoms with Crippen LogP contribution in [-0.4, -0.2) is 35.5 Å². The Kier molecular flexibility index (Phi) is 5.06. The summed E-state index contributed by atoms with van der Waals surface area (Å²) in [4.78, 5) is 0. The predicted octanol–water partition coefficient (Wildman–Crippen LogP) is 1.14. The first-order valence-electron chi connectivity index (χ1n) is 5.32. The molecule has 0 aromatic rings. The van der Waals surface area contributed by atoms with Gasteiger partial charge < -0.3 is 15.5 Å². The van der Waals surface area contributed by atoms with Crippen molar-refractivity contribution in [2.24, 2.45) is 5.41 Å². The SMILES string of the molecule is CC[C@](O)(C[C@H](O)CNC)C(C)(C)C. The van der Waals surface area contributed by atoms with Crippen molar-refractivity contribution in [1.29, 1.82) is 0 Å². The number of hydrogen-bond donors (Lipinski definition) is 3.